The van der Waals surface area contributed by atoms with Crippen molar-refractivity contribution in [2.75, 3.05) is 17.2 Å². The molecule has 5 heteroatoms. The molecule has 1 aromatic heterocycles. The van der Waals surface area contributed by atoms with Crippen molar-refractivity contribution in [2.24, 2.45) is 5.73 Å². The summed E-state index contributed by atoms with van der Waals surface area (Å²) < 4.78 is 0. The first kappa shape index (κ1) is 14.1. The summed E-state index contributed by atoms with van der Waals surface area (Å²) in [6, 6.07) is 7.71. The van der Waals surface area contributed by atoms with Gasteiger partial charge in [-0.3, -0.25) is 9.78 Å². The predicted octanol–water partition coefficient (Wildman–Crippen LogP) is 1.83. The highest BCUT2D eigenvalue weighted by atomic mass is 16.1. The molecule has 0 unspecified atom stereocenters. The zero-order valence-electron chi connectivity index (χ0n) is 12.1. The van der Waals surface area contributed by atoms with Gasteiger partial charge in [-0.25, -0.2) is 0 Å². The van der Waals surface area contributed by atoms with Crippen molar-refractivity contribution in [1.29, 1.82) is 0 Å². The van der Waals surface area contributed by atoms with Crippen LogP contribution in [0.3, 0.4) is 0 Å². The molecule has 0 bridgehead atoms. The molecule has 0 aliphatic heterocycles. The third-order valence-corrected chi connectivity index (χ3v) is 3.20. The second kappa shape index (κ2) is 5.36. The van der Waals surface area contributed by atoms with Gasteiger partial charge in [-0.05, 0) is 45.0 Å². The number of hydrogen-bond acceptors (Lipinski definition) is 4. The summed E-state index contributed by atoms with van der Waals surface area (Å²) in [6.07, 6.45) is 0. The van der Waals surface area contributed by atoms with Crippen molar-refractivity contribution in [3.63, 3.8) is 0 Å². The summed E-state index contributed by atoms with van der Waals surface area (Å²) in [5.74, 6) is -0.356. The first-order valence-corrected chi connectivity index (χ1v) is 6.60. The quantitative estimate of drug-likeness (QED) is 0.831. The van der Waals surface area contributed by atoms with Gasteiger partial charge in [-0.2, -0.15) is 0 Å². The number of anilines is 2. The largest absolute Gasteiger partial charge is 0.399 e. The lowest BCUT2D eigenvalue weighted by Gasteiger charge is -2.29. The van der Waals surface area contributed by atoms with Gasteiger partial charge in [0.25, 0.3) is 0 Å². The summed E-state index contributed by atoms with van der Waals surface area (Å²) in [5, 5.41) is 0.936. The van der Waals surface area contributed by atoms with Crippen LogP contribution in [0.25, 0.3) is 10.9 Å². The van der Waals surface area contributed by atoms with Gasteiger partial charge in [0.2, 0.25) is 5.91 Å². The maximum absolute atomic E-state index is 11.3. The van der Waals surface area contributed by atoms with E-state index in [1.807, 2.05) is 49.9 Å². The number of primary amides is 1. The number of nitrogen functional groups attached to an aromatic ring is 1. The van der Waals surface area contributed by atoms with E-state index >= 15 is 0 Å². The van der Waals surface area contributed by atoms with E-state index in [0.717, 1.165) is 22.3 Å². The molecule has 20 heavy (non-hydrogen) atoms. The van der Waals surface area contributed by atoms with Crippen LogP contribution in [0.2, 0.25) is 0 Å². The van der Waals surface area contributed by atoms with E-state index in [4.69, 9.17) is 11.5 Å². The summed E-state index contributed by atoms with van der Waals surface area (Å²) >= 11 is 0. The molecule has 0 saturated heterocycles. The number of amides is 1. The van der Waals surface area contributed by atoms with Crippen LogP contribution in [0.5, 0.6) is 0 Å². The number of rotatable bonds is 4. The van der Waals surface area contributed by atoms with E-state index in [1.165, 1.54) is 0 Å². The number of carbonyl (C=O) groups excluding carboxylic acids is 1. The molecular weight excluding hydrogens is 252 g/mol. The Bertz CT molecular complexity index is 652. The van der Waals surface area contributed by atoms with Crippen molar-refractivity contribution < 1.29 is 4.79 Å². The molecule has 1 aromatic carbocycles. The van der Waals surface area contributed by atoms with E-state index < -0.39 is 0 Å². The highest BCUT2D eigenvalue weighted by molar-refractivity contribution is 5.95. The molecule has 0 fully saturated rings. The third-order valence-electron chi connectivity index (χ3n) is 3.20. The summed E-state index contributed by atoms with van der Waals surface area (Å²) in [6.45, 7) is 6.15. The maximum atomic E-state index is 11.3. The van der Waals surface area contributed by atoms with Crippen LogP contribution in [0.4, 0.5) is 11.4 Å². The lowest BCUT2D eigenvalue weighted by atomic mass is 10.1. The Kier molecular flexibility index (Phi) is 3.79. The Morgan fingerprint density at radius 3 is 2.65 bits per heavy atom. The van der Waals surface area contributed by atoms with Gasteiger partial charge < -0.3 is 16.4 Å². The highest BCUT2D eigenvalue weighted by Gasteiger charge is 2.17. The molecule has 5 nitrogen and oxygen atoms in total. The first-order chi connectivity index (χ1) is 9.38. The molecule has 2 aromatic rings. The number of fused-ring (bicyclic) bond motifs is 1. The van der Waals surface area contributed by atoms with E-state index in [0.29, 0.717) is 5.69 Å². The molecule has 1 heterocycles. The first-order valence-electron chi connectivity index (χ1n) is 6.60. The minimum atomic E-state index is -0.356. The average molecular weight is 272 g/mol. The second-order valence-electron chi connectivity index (χ2n) is 5.25. The Morgan fingerprint density at radius 2 is 2.05 bits per heavy atom. The molecule has 0 spiro atoms. The zero-order valence-corrected chi connectivity index (χ0v) is 12.1. The molecule has 0 saturated carbocycles. The third kappa shape index (κ3) is 2.82. The number of pyridine rings is 1. The topological polar surface area (TPSA) is 85.2 Å². The smallest absolute Gasteiger partial charge is 0.236 e. The van der Waals surface area contributed by atoms with E-state index in [1.54, 1.807) is 0 Å². The molecule has 106 valence electrons. The van der Waals surface area contributed by atoms with Crippen molar-refractivity contribution >= 4 is 28.2 Å². The van der Waals surface area contributed by atoms with Crippen LogP contribution in [0.15, 0.2) is 24.3 Å². The average Bonchev–Trinajstić information content (AvgIpc) is 2.35. The highest BCUT2D eigenvalue weighted by Crippen LogP contribution is 2.29. The minimum Gasteiger partial charge on any atom is -0.399 e. The number of benzene rings is 1. The molecular formula is C15H20N4O. The predicted molar refractivity (Wildman–Crippen MR) is 82.6 cm³/mol. The lowest BCUT2D eigenvalue weighted by molar-refractivity contribution is -0.116. The van der Waals surface area contributed by atoms with E-state index in [9.17, 15) is 4.79 Å². The molecule has 0 aliphatic carbocycles. The zero-order chi connectivity index (χ0) is 14.9. The number of nitrogens with zero attached hydrogens (tertiary/aromatic N) is 2. The Labute approximate surface area is 118 Å². The second-order valence-corrected chi connectivity index (χ2v) is 5.25. The Morgan fingerprint density at radius 1 is 1.35 bits per heavy atom. The van der Waals surface area contributed by atoms with E-state index in [2.05, 4.69) is 4.98 Å². The number of aryl methyl sites for hydroxylation is 1. The van der Waals surface area contributed by atoms with Crippen molar-refractivity contribution in [3.8, 4) is 0 Å². The standard InChI is InChI=1S/C15H20N4O/c1-9(2)19(8-15(17)20)14-6-10(3)18-13-5-4-11(16)7-12(13)14/h4-7,9H,8,16H2,1-3H3,(H2,17,20). The maximum Gasteiger partial charge on any atom is 0.236 e. The number of aromatic nitrogens is 1. The summed E-state index contributed by atoms with van der Waals surface area (Å²) in [4.78, 5) is 17.8. The van der Waals surface area contributed by atoms with Crippen LogP contribution in [0, 0.1) is 6.92 Å². The fourth-order valence-corrected chi connectivity index (χ4v) is 2.31. The van der Waals surface area contributed by atoms with Gasteiger partial charge in [-0.15, -0.1) is 0 Å². The van der Waals surface area contributed by atoms with Crippen LogP contribution >= 0.6 is 0 Å². The van der Waals surface area contributed by atoms with Crippen LogP contribution in [0.1, 0.15) is 19.5 Å². The molecule has 0 aliphatic rings. The normalized spacial score (nSPS) is 11.0. The molecule has 0 radical (unpaired) electrons. The fourth-order valence-electron chi connectivity index (χ4n) is 2.31. The molecule has 4 N–H and O–H groups in total. The number of hydrogen-bond donors (Lipinski definition) is 2. The minimum absolute atomic E-state index is 0.147. The van der Waals surface area contributed by atoms with Gasteiger partial charge in [0, 0.05) is 28.5 Å². The van der Waals surface area contributed by atoms with Gasteiger partial charge >= 0.3 is 0 Å². The van der Waals surface area contributed by atoms with Crippen molar-refractivity contribution in [1.82, 2.24) is 4.98 Å². The summed E-state index contributed by atoms with van der Waals surface area (Å²) in [5.41, 5.74) is 14.6. The van der Waals surface area contributed by atoms with Crippen LogP contribution in [-0.2, 0) is 4.79 Å². The number of nitrogens with two attached hydrogens (primary N) is 2. The van der Waals surface area contributed by atoms with Crippen molar-refractivity contribution in [2.45, 2.75) is 26.8 Å². The SMILES string of the molecule is Cc1cc(N(CC(N)=O)C(C)C)c2cc(N)ccc2n1. The van der Waals surface area contributed by atoms with Gasteiger partial charge in [0.1, 0.15) is 0 Å². The van der Waals surface area contributed by atoms with Crippen LogP contribution < -0.4 is 16.4 Å². The monoisotopic (exact) mass is 272 g/mol. The molecule has 0 atom stereocenters. The van der Waals surface area contributed by atoms with Crippen molar-refractivity contribution in [3.05, 3.63) is 30.0 Å². The molecule has 1 amide bonds. The molecule has 2 rings (SSSR count). The lowest BCUT2D eigenvalue weighted by Crippen LogP contribution is -2.38. The fraction of sp³-hybridized carbons (Fsp3) is 0.333. The van der Waals surface area contributed by atoms with Gasteiger partial charge in [0.15, 0.2) is 0 Å². The Hall–Kier alpha value is -2.30. The Balaban J connectivity index is 2.66. The van der Waals surface area contributed by atoms with Crippen LogP contribution in [-0.4, -0.2) is 23.5 Å². The number of carbonyl (C=O) groups is 1. The van der Waals surface area contributed by atoms with Gasteiger partial charge in [-0.1, -0.05) is 0 Å². The van der Waals surface area contributed by atoms with Gasteiger partial charge in [0.05, 0.1) is 12.1 Å². The summed E-state index contributed by atoms with van der Waals surface area (Å²) in [7, 11) is 0. The van der Waals surface area contributed by atoms with E-state index in [-0.39, 0.29) is 18.5 Å².